The predicted octanol–water partition coefficient (Wildman–Crippen LogP) is 5.01. The maximum Gasteiger partial charge on any atom is 0.126 e. The lowest BCUT2D eigenvalue weighted by Crippen LogP contribution is -1.99. The Hall–Kier alpha value is -2.55. The average molecular weight is 307 g/mol. The first kappa shape index (κ1) is 15.3. The van der Waals surface area contributed by atoms with E-state index in [1.54, 1.807) is 0 Å². The van der Waals surface area contributed by atoms with E-state index in [2.05, 4.69) is 25.1 Å². The Bertz CT molecular complexity index is 827. The van der Waals surface area contributed by atoms with Crippen LogP contribution in [0, 0.1) is 6.92 Å². The molecule has 0 atom stereocenters. The minimum absolute atomic E-state index is 0.624. The van der Waals surface area contributed by atoms with Gasteiger partial charge in [-0.25, -0.2) is 4.98 Å². The van der Waals surface area contributed by atoms with E-state index in [1.165, 1.54) is 0 Å². The van der Waals surface area contributed by atoms with Crippen LogP contribution in [0.1, 0.15) is 19.4 Å². The van der Waals surface area contributed by atoms with Crippen LogP contribution in [0.25, 0.3) is 22.2 Å². The van der Waals surface area contributed by atoms with Crippen molar-refractivity contribution >= 4 is 10.9 Å². The Labute approximate surface area is 136 Å². The highest BCUT2D eigenvalue weighted by Crippen LogP contribution is 2.34. The third kappa shape index (κ3) is 3.14. The Morgan fingerprint density at radius 3 is 2.48 bits per heavy atom. The molecule has 118 valence electrons. The zero-order chi connectivity index (χ0) is 16.2. The van der Waals surface area contributed by atoms with Crippen molar-refractivity contribution in [1.29, 1.82) is 0 Å². The third-order valence-electron chi connectivity index (χ3n) is 3.82. The van der Waals surface area contributed by atoms with Gasteiger partial charge < -0.3 is 9.47 Å². The molecule has 3 rings (SSSR count). The average Bonchev–Trinajstić information content (AvgIpc) is 2.57. The standard InChI is InChI=1S/C20H21NO2/c1-4-22-16-12-17(14(3)20(13-16)23-5-2)19-11-10-15-8-6-7-9-18(15)21-19/h6-13H,4-5H2,1-3H3. The fourth-order valence-electron chi connectivity index (χ4n) is 2.70. The van der Waals surface area contributed by atoms with E-state index in [-0.39, 0.29) is 0 Å². The molecule has 0 amide bonds. The van der Waals surface area contributed by atoms with Gasteiger partial charge in [-0.15, -0.1) is 0 Å². The quantitative estimate of drug-likeness (QED) is 0.664. The molecule has 0 fully saturated rings. The Kier molecular flexibility index (Phi) is 4.47. The number of para-hydroxylation sites is 1. The van der Waals surface area contributed by atoms with Gasteiger partial charge in [0.25, 0.3) is 0 Å². The Morgan fingerprint density at radius 1 is 0.913 bits per heavy atom. The summed E-state index contributed by atoms with van der Waals surface area (Å²) in [6.07, 6.45) is 0. The van der Waals surface area contributed by atoms with Crippen molar-refractivity contribution in [3.63, 3.8) is 0 Å². The van der Waals surface area contributed by atoms with Gasteiger partial charge in [-0.05, 0) is 39.0 Å². The van der Waals surface area contributed by atoms with Crippen molar-refractivity contribution < 1.29 is 9.47 Å². The van der Waals surface area contributed by atoms with Gasteiger partial charge in [0, 0.05) is 22.6 Å². The molecule has 3 aromatic rings. The molecule has 23 heavy (non-hydrogen) atoms. The SMILES string of the molecule is CCOc1cc(OCC)c(C)c(-c2ccc3ccccc3n2)c1. The second-order valence-corrected chi connectivity index (χ2v) is 5.35. The van der Waals surface area contributed by atoms with Gasteiger partial charge in [-0.2, -0.15) is 0 Å². The highest BCUT2D eigenvalue weighted by atomic mass is 16.5. The lowest BCUT2D eigenvalue weighted by atomic mass is 10.0. The molecule has 0 unspecified atom stereocenters. The number of aromatic nitrogens is 1. The summed E-state index contributed by atoms with van der Waals surface area (Å²) < 4.78 is 11.5. The number of hydrogen-bond acceptors (Lipinski definition) is 3. The van der Waals surface area contributed by atoms with Gasteiger partial charge >= 0.3 is 0 Å². The number of ether oxygens (including phenoxy) is 2. The molecule has 1 aromatic heterocycles. The van der Waals surface area contributed by atoms with E-state index in [9.17, 15) is 0 Å². The van der Waals surface area contributed by atoms with Crippen LogP contribution in [0.5, 0.6) is 11.5 Å². The van der Waals surface area contributed by atoms with Crippen LogP contribution in [0.3, 0.4) is 0 Å². The van der Waals surface area contributed by atoms with E-state index in [0.717, 1.165) is 39.2 Å². The fourth-order valence-corrected chi connectivity index (χ4v) is 2.70. The van der Waals surface area contributed by atoms with Crippen molar-refractivity contribution in [2.75, 3.05) is 13.2 Å². The monoisotopic (exact) mass is 307 g/mol. The zero-order valence-corrected chi connectivity index (χ0v) is 13.8. The molecule has 1 heterocycles. The van der Waals surface area contributed by atoms with Crippen molar-refractivity contribution in [2.45, 2.75) is 20.8 Å². The van der Waals surface area contributed by atoms with Crippen LogP contribution in [-0.4, -0.2) is 18.2 Å². The number of pyridine rings is 1. The van der Waals surface area contributed by atoms with E-state index in [1.807, 2.05) is 44.2 Å². The fraction of sp³-hybridized carbons (Fsp3) is 0.250. The van der Waals surface area contributed by atoms with Crippen molar-refractivity contribution in [3.8, 4) is 22.8 Å². The van der Waals surface area contributed by atoms with Gasteiger partial charge in [0.15, 0.2) is 0 Å². The van der Waals surface area contributed by atoms with Gasteiger partial charge in [-0.3, -0.25) is 0 Å². The summed E-state index contributed by atoms with van der Waals surface area (Å²) >= 11 is 0. The minimum Gasteiger partial charge on any atom is -0.494 e. The number of hydrogen-bond donors (Lipinski definition) is 0. The van der Waals surface area contributed by atoms with Crippen molar-refractivity contribution in [3.05, 3.63) is 54.1 Å². The largest absolute Gasteiger partial charge is 0.494 e. The first-order valence-corrected chi connectivity index (χ1v) is 7.99. The lowest BCUT2D eigenvalue weighted by Gasteiger charge is -2.15. The molecular weight excluding hydrogens is 286 g/mol. The number of fused-ring (bicyclic) bond motifs is 1. The second-order valence-electron chi connectivity index (χ2n) is 5.35. The number of nitrogens with zero attached hydrogens (tertiary/aromatic N) is 1. The van der Waals surface area contributed by atoms with Gasteiger partial charge in [0.1, 0.15) is 11.5 Å². The zero-order valence-electron chi connectivity index (χ0n) is 13.8. The Morgan fingerprint density at radius 2 is 1.70 bits per heavy atom. The summed E-state index contributed by atoms with van der Waals surface area (Å²) in [5.74, 6) is 1.66. The highest BCUT2D eigenvalue weighted by Gasteiger charge is 2.12. The molecule has 0 saturated carbocycles. The first-order chi connectivity index (χ1) is 11.2. The van der Waals surface area contributed by atoms with Crippen molar-refractivity contribution in [2.24, 2.45) is 0 Å². The number of rotatable bonds is 5. The normalized spacial score (nSPS) is 10.7. The summed E-state index contributed by atoms with van der Waals surface area (Å²) in [6.45, 7) is 7.28. The predicted molar refractivity (Wildman–Crippen MR) is 94.3 cm³/mol. The van der Waals surface area contributed by atoms with E-state index in [4.69, 9.17) is 14.5 Å². The molecule has 0 aliphatic rings. The molecule has 0 aliphatic heterocycles. The summed E-state index contributed by atoms with van der Waals surface area (Å²) in [4.78, 5) is 4.80. The highest BCUT2D eigenvalue weighted by molar-refractivity contribution is 5.82. The summed E-state index contributed by atoms with van der Waals surface area (Å²) in [5, 5.41) is 1.14. The van der Waals surface area contributed by atoms with Crippen LogP contribution in [-0.2, 0) is 0 Å². The molecule has 0 aliphatic carbocycles. The molecule has 0 saturated heterocycles. The molecule has 2 aromatic carbocycles. The van der Waals surface area contributed by atoms with Crippen molar-refractivity contribution in [1.82, 2.24) is 4.98 Å². The van der Waals surface area contributed by atoms with E-state index in [0.29, 0.717) is 13.2 Å². The topological polar surface area (TPSA) is 31.4 Å². The van der Waals surface area contributed by atoms with Crippen LogP contribution < -0.4 is 9.47 Å². The van der Waals surface area contributed by atoms with E-state index >= 15 is 0 Å². The summed E-state index contributed by atoms with van der Waals surface area (Å²) in [7, 11) is 0. The van der Waals surface area contributed by atoms with Crippen LogP contribution in [0.4, 0.5) is 0 Å². The molecule has 3 nitrogen and oxygen atoms in total. The van der Waals surface area contributed by atoms with Gasteiger partial charge in [0.2, 0.25) is 0 Å². The van der Waals surface area contributed by atoms with Crippen LogP contribution in [0.2, 0.25) is 0 Å². The van der Waals surface area contributed by atoms with Gasteiger partial charge in [0.05, 0.1) is 24.4 Å². The summed E-state index contributed by atoms with van der Waals surface area (Å²) in [6, 6.07) is 16.3. The first-order valence-electron chi connectivity index (χ1n) is 7.99. The van der Waals surface area contributed by atoms with Crippen LogP contribution >= 0.6 is 0 Å². The maximum atomic E-state index is 5.77. The molecule has 0 N–H and O–H groups in total. The third-order valence-corrected chi connectivity index (χ3v) is 3.82. The van der Waals surface area contributed by atoms with Crippen LogP contribution in [0.15, 0.2) is 48.5 Å². The Balaban J connectivity index is 2.15. The smallest absolute Gasteiger partial charge is 0.126 e. The molecule has 0 bridgehead atoms. The number of benzene rings is 2. The molecule has 3 heteroatoms. The molecule has 0 radical (unpaired) electrons. The van der Waals surface area contributed by atoms with Gasteiger partial charge in [-0.1, -0.05) is 24.3 Å². The minimum atomic E-state index is 0.624. The summed E-state index contributed by atoms with van der Waals surface area (Å²) in [5.41, 5.74) is 4.05. The second kappa shape index (κ2) is 6.69. The molecule has 0 spiro atoms. The van der Waals surface area contributed by atoms with E-state index < -0.39 is 0 Å². The maximum absolute atomic E-state index is 5.77. The molecular formula is C20H21NO2. The lowest BCUT2D eigenvalue weighted by molar-refractivity contribution is 0.322.